The number of anilines is 1. The van der Waals surface area contributed by atoms with E-state index in [9.17, 15) is 4.79 Å². The Kier molecular flexibility index (Phi) is 3.93. The summed E-state index contributed by atoms with van der Waals surface area (Å²) in [7, 11) is 0. The van der Waals surface area contributed by atoms with E-state index in [4.69, 9.17) is 4.74 Å². The van der Waals surface area contributed by atoms with Crippen molar-refractivity contribution < 1.29 is 9.53 Å². The molecule has 2 heterocycles. The molecule has 0 bridgehead atoms. The quantitative estimate of drug-likeness (QED) is 0.908. The Hall–Kier alpha value is -2.41. The molecule has 2 aromatic rings. The van der Waals surface area contributed by atoms with Crippen LogP contribution in [0.1, 0.15) is 31.5 Å². The van der Waals surface area contributed by atoms with E-state index in [1.54, 1.807) is 4.90 Å². The Morgan fingerprint density at radius 3 is 2.83 bits per heavy atom. The number of nitrogens with one attached hydrogen (secondary N) is 2. The smallest absolute Gasteiger partial charge is 0.322 e. The highest BCUT2D eigenvalue weighted by Gasteiger charge is 2.27. The zero-order chi connectivity index (χ0) is 16.5. The number of hydrogen-bond donors (Lipinski definition) is 2. The topological polar surface area (TPSA) is 83.1 Å². The lowest BCUT2D eigenvalue weighted by atomic mass is 10.2. The average molecular weight is 327 g/mol. The van der Waals surface area contributed by atoms with Crippen LogP contribution in [0.3, 0.4) is 0 Å². The van der Waals surface area contributed by atoms with E-state index in [2.05, 4.69) is 20.5 Å². The molecular formula is C17H21N5O2. The molecule has 2 aliphatic rings. The summed E-state index contributed by atoms with van der Waals surface area (Å²) in [4.78, 5) is 18.6. The van der Waals surface area contributed by atoms with Crippen LogP contribution in [0, 0.1) is 0 Å². The molecule has 1 aliphatic carbocycles. The number of morpholine rings is 1. The maximum atomic E-state index is 12.3. The molecule has 4 rings (SSSR count). The number of H-pyrrole nitrogens is 1. The lowest BCUT2D eigenvalue weighted by Crippen LogP contribution is -2.46. The number of nitrogens with zero attached hydrogens (tertiary/aromatic N) is 3. The third-order valence-electron chi connectivity index (χ3n) is 4.39. The fourth-order valence-corrected chi connectivity index (χ4v) is 2.85. The number of amides is 2. The average Bonchev–Trinajstić information content (AvgIpc) is 3.33. The summed E-state index contributed by atoms with van der Waals surface area (Å²) in [5.41, 5.74) is 1.71. The van der Waals surface area contributed by atoms with E-state index >= 15 is 0 Å². The minimum absolute atomic E-state index is 0.0817. The zero-order valence-electron chi connectivity index (χ0n) is 13.7. The molecule has 2 N–H and O–H groups in total. The predicted octanol–water partition coefficient (Wildman–Crippen LogP) is 2.60. The van der Waals surface area contributed by atoms with Gasteiger partial charge in [0.05, 0.1) is 12.7 Å². The Balaban J connectivity index is 1.40. The number of carbonyl (C=O) groups is 1. The first-order valence-corrected chi connectivity index (χ1v) is 8.39. The van der Waals surface area contributed by atoms with E-state index in [1.165, 1.54) is 12.8 Å². The van der Waals surface area contributed by atoms with Gasteiger partial charge in [-0.3, -0.25) is 5.10 Å². The van der Waals surface area contributed by atoms with E-state index in [1.807, 2.05) is 31.2 Å². The zero-order valence-corrected chi connectivity index (χ0v) is 13.7. The number of aromatic amines is 1. The number of urea groups is 1. The molecule has 7 heteroatoms. The summed E-state index contributed by atoms with van der Waals surface area (Å²) in [6.45, 7) is 3.79. The molecule has 1 saturated heterocycles. The normalized spacial score (nSPS) is 20.9. The second kappa shape index (κ2) is 6.24. The Morgan fingerprint density at radius 2 is 2.12 bits per heavy atom. The van der Waals surface area contributed by atoms with Gasteiger partial charge >= 0.3 is 6.03 Å². The number of carbonyl (C=O) groups excluding carboxylic acids is 1. The largest absolute Gasteiger partial charge is 0.375 e. The molecule has 1 aromatic carbocycles. The summed E-state index contributed by atoms with van der Waals surface area (Å²) >= 11 is 0. The molecule has 0 radical (unpaired) electrons. The third-order valence-corrected chi connectivity index (χ3v) is 4.39. The van der Waals surface area contributed by atoms with E-state index in [0.717, 1.165) is 17.1 Å². The van der Waals surface area contributed by atoms with E-state index in [0.29, 0.717) is 31.4 Å². The summed E-state index contributed by atoms with van der Waals surface area (Å²) in [5.74, 6) is 2.24. The molecule has 1 aliphatic heterocycles. The molecular weight excluding hydrogens is 306 g/mol. The van der Waals surface area contributed by atoms with Crippen molar-refractivity contribution >= 4 is 11.7 Å². The van der Waals surface area contributed by atoms with Gasteiger partial charge in [0.1, 0.15) is 5.82 Å². The molecule has 1 saturated carbocycles. The Bertz CT molecular complexity index is 723. The number of ether oxygens (including phenoxy) is 1. The van der Waals surface area contributed by atoms with Crippen LogP contribution >= 0.6 is 0 Å². The first-order chi connectivity index (χ1) is 11.7. The van der Waals surface area contributed by atoms with Crippen LogP contribution in [-0.2, 0) is 4.74 Å². The van der Waals surface area contributed by atoms with Crippen LogP contribution in [0.4, 0.5) is 10.5 Å². The van der Waals surface area contributed by atoms with Crippen LogP contribution in [0.15, 0.2) is 24.3 Å². The van der Waals surface area contributed by atoms with Crippen molar-refractivity contribution in [1.29, 1.82) is 0 Å². The first-order valence-electron chi connectivity index (χ1n) is 8.39. The fourth-order valence-electron chi connectivity index (χ4n) is 2.85. The van der Waals surface area contributed by atoms with Gasteiger partial charge in [0.25, 0.3) is 0 Å². The van der Waals surface area contributed by atoms with Gasteiger partial charge in [-0.25, -0.2) is 9.78 Å². The van der Waals surface area contributed by atoms with Gasteiger partial charge in [0, 0.05) is 30.3 Å². The van der Waals surface area contributed by atoms with Crippen molar-refractivity contribution in [3.05, 3.63) is 30.1 Å². The summed E-state index contributed by atoms with van der Waals surface area (Å²) in [5, 5.41) is 10.2. The number of rotatable bonds is 3. The van der Waals surface area contributed by atoms with Crippen molar-refractivity contribution in [3.8, 4) is 11.4 Å². The number of hydrogen-bond acceptors (Lipinski definition) is 4. The Morgan fingerprint density at radius 1 is 1.33 bits per heavy atom. The highest BCUT2D eigenvalue weighted by atomic mass is 16.5. The summed E-state index contributed by atoms with van der Waals surface area (Å²) in [6, 6.07) is 7.52. The molecule has 1 unspecified atom stereocenters. The standard InChI is InChI=1S/C17H21N5O2/c1-11-10-22(8-9-24-11)17(23)18-14-6-4-13(5-7-14)16-19-15(20-21-16)12-2-3-12/h4-7,11-12H,2-3,8-10H2,1H3,(H,18,23)(H,19,20,21). The molecule has 7 nitrogen and oxygen atoms in total. The van der Waals surface area contributed by atoms with Crippen LogP contribution in [-0.4, -0.2) is 51.9 Å². The minimum Gasteiger partial charge on any atom is -0.375 e. The summed E-state index contributed by atoms with van der Waals surface area (Å²) < 4.78 is 5.46. The molecule has 2 amide bonds. The van der Waals surface area contributed by atoms with Crippen LogP contribution in [0.5, 0.6) is 0 Å². The maximum absolute atomic E-state index is 12.3. The second-order valence-corrected chi connectivity index (χ2v) is 6.45. The van der Waals surface area contributed by atoms with Gasteiger partial charge in [0.15, 0.2) is 5.82 Å². The number of benzene rings is 1. The third kappa shape index (κ3) is 3.26. The van der Waals surface area contributed by atoms with Crippen molar-refractivity contribution in [1.82, 2.24) is 20.1 Å². The first kappa shape index (κ1) is 15.1. The molecule has 2 fully saturated rings. The lowest BCUT2D eigenvalue weighted by molar-refractivity contribution is -0.00138. The highest BCUT2D eigenvalue weighted by molar-refractivity contribution is 5.89. The lowest BCUT2D eigenvalue weighted by Gasteiger charge is -2.31. The van der Waals surface area contributed by atoms with Gasteiger partial charge in [-0.15, -0.1) is 0 Å². The molecule has 1 aromatic heterocycles. The van der Waals surface area contributed by atoms with Crippen LogP contribution < -0.4 is 5.32 Å². The fraction of sp³-hybridized carbons (Fsp3) is 0.471. The van der Waals surface area contributed by atoms with Gasteiger partial charge in [-0.05, 0) is 44.0 Å². The molecule has 0 spiro atoms. The van der Waals surface area contributed by atoms with E-state index < -0.39 is 0 Å². The van der Waals surface area contributed by atoms with Gasteiger partial charge in [0.2, 0.25) is 0 Å². The SMILES string of the molecule is CC1CN(C(=O)Nc2ccc(-c3n[nH]c(C4CC4)n3)cc2)CCO1. The monoisotopic (exact) mass is 327 g/mol. The minimum atomic E-state index is -0.0909. The molecule has 24 heavy (non-hydrogen) atoms. The Labute approximate surface area is 140 Å². The maximum Gasteiger partial charge on any atom is 0.322 e. The van der Waals surface area contributed by atoms with Crippen molar-refractivity contribution in [2.75, 3.05) is 25.0 Å². The van der Waals surface area contributed by atoms with Gasteiger partial charge < -0.3 is 15.0 Å². The second-order valence-electron chi connectivity index (χ2n) is 6.45. The highest BCUT2D eigenvalue weighted by Crippen LogP contribution is 2.38. The predicted molar refractivity (Wildman–Crippen MR) is 89.8 cm³/mol. The van der Waals surface area contributed by atoms with Crippen LogP contribution in [0.25, 0.3) is 11.4 Å². The molecule has 126 valence electrons. The van der Waals surface area contributed by atoms with Gasteiger partial charge in [-0.1, -0.05) is 0 Å². The number of aromatic nitrogens is 3. The molecule has 1 atom stereocenters. The van der Waals surface area contributed by atoms with Crippen molar-refractivity contribution in [2.24, 2.45) is 0 Å². The van der Waals surface area contributed by atoms with Crippen molar-refractivity contribution in [3.63, 3.8) is 0 Å². The van der Waals surface area contributed by atoms with Crippen molar-refractivity contribution in [2.45, 2.75) is 31.8 Å². The summed E-state index contributed by atoms with van der Waals surface area (Å²) in [6.07, 6.45) is 2.47. The van der Waals surface area contributed by atoms with E-state index in [-0.39, 0.29) is 12.1 Å². The van der Waals surface area contributed by atoms with Crippen LogP contribution in [0.2, 0.25) is 0 Å². The van der Waals surface area contributed by atoms with Gasteiger partial charge in [-0.2, -0.15) is 5.10 Å².